The lowest BCUT2D eigenvalue weighted by molar-refractivity contribution is -0.122. The molecule has 10 heteroatoms. The van der Waals surface area contributed by atoms with Crippen LogP contribution in [-0.2, 0) is 14.8 Å². The Bertz CT molecular complexity index is 1210. The van der Waals surface area contributed by atoms with Crippen molar-refractivity contribution in [3.63, 3.8) is 0 Å². The van der Waals surface area contributed by atoms with Crippen LogP contribution in [0.4, 0.5) is 9.52 Å². The lowest BCUT2D eigenvalue weighted by Crippen LogP contribution is -2.30. The Morgan fingerprint density at radius 2 is 1.84 bits per heavy atom. The van der Waals surface area contributed by atoms with E-state index in [-0.39, 0.29) is 10.6 Å². The van der Waals surface area contributed by atoms with Crippen molar-refractivity contribution in [3.05, 3.63) is 59.7 Å². The molecule has 7 nitrogen and oxygen atoms in total. The molecule has 1 atom stereocenters. The largest absolute Gasteiger partial charge is 0.478 e. The highest BCUT2D eigenvalue weighted by molar-refractivity contribution is 7.89. The first kappa shape index (κ1) is 22.4. The summed E-state index contributed by atoms with van der Waals surface area (Å²) in [6, 6.07) is 12.4. The molecule has 0 radical (unpaired) electrons. The fraction of sp³-hybridized carbons (Fsp3) is 0.273. The van der Waals surface area contributed by atoms with Gasteiger partial charge in [-0.3, -0.25) is 10.1 Å². The van der Waals surface area contributed by atoms with Crippen molar-refractivity contribution in [2.45, 2.75) is 30.8 Å². The highest BCUT2D eigenvalue weighted by Gasteiger charge is 2.27. The van der Waals surface area contributed by atoms with E-state index < -0.39 is 27.9 Å². The summed E-state index contributed by atoms with van der Waals surface area (Å²) < 4.78 is 45.9. The molecular formula is C22H22FN3O4S2. The van der Waals surface area contributed by atoms with E-state index in [1.807, 2.05) is 0 Å². The number of hydrogen-bond donors (Lipinski definition) is 1. The van der Waals surface area contributed by atoms with Gasteiger partial charge in [-0.15, -0.1) is 11.3 Å². The summed E-state index contributed by atoms with van der Waals surface area (Å²) in [5.41, 5.74) is 1.34. The molecule has 1 saturated heterocycles. The number of halogens is 1. The van der Waals surface area contributed by atoms with Gasteiger partial charge in [0.25, 0.3) is 5.91 Å². The van der Waals surface area contributed by atoms with Crippen LogP contribution in [-0.4, -0.2) is 42.8 Å². The van der Waals surface area contributed by atoms with Crippen molar-refractivity contribution in [2.75, 3.05) is 18.4 Å². The summed E-state index contributed by atoms with van der Waals surface area (Å²) in [5, 5.41) is 4.79. The van der Waals surface area contributed by atoms with Crippen LogP contribution in [0.2, 0.25) is 0 Å². The number of nitrogens with zero attached hydrogens (tertiary/aromatic N) is 2. The Kier molecular flexibility index (Phi) is 6.54. The Hall–Kier alpha value is -2.82. The Morgan fingerprint density at radius 3 is 2.53 bits per heavy atom. The van der Waals surface area contributed by atoms with Gasteiger partial charge in [-0.05, 0) is 44.0 Å². The molecular weight excluding hydrogens is 453 g/mol. The molecule has 0 aliphatic carbocycles. The summed E-state index contributed by atoms with van der Waals surface area (Å²) in [5.74, 6) is -1.00. The Labute approximate surface area is 189 Å². The maximum Gasteiger partial charge on any atom is 0.266 e. The second-order valence-electron chi connectivity index (χ2n) is 7.35. The van der Waals surface area contributed by atoms with Crippen LogP contribution in [0.3, 0.4) is 0 Å². The van der Waals surface area contributed by atoms with Crippen LogP contribution >= 0.6 is 11.3 Å². The van der Waals surface area contributed by atoms with Gasteiger partial charge in [-0.25, -0.2) is 17.8 Å². The van der Waals surface area contributed by atoms with Crippen molar-refractivity contribution in [3.8, 4) is 17.0 Å². The van der Waals surface area contributed by atoms with Crippen LogP contribution in [0.1, 0.15) is 19.8 Å². The second-order valence-corrected chi connectivity index (χ2v) is 10.1. The zero-order valence-corrected chi connectivity index (χ0v) is 19.0. The zero-order chi connectivity index (χ0) is 22.7. The molecule has 3 aromatic rings. The molecule has 1 aliphatic heterocycles. The minimum atomic E-state index is -3.47. The number of para-hydroxylation sites is 1. The zero-order valence-electron chi connectivity index (χ0n) is 17.3. The number of benzene rings is 2. The van der Waals surface area contributed by atoms with Gasteiger partial charge in [0.05, 0.1) is 10.6 Å². The summed E-state index contributed by atoms with van der Waals surface area (Å²) in [7, 11) is -3.47. The minimum Gasteiger partial charge on any atom is -0.478 e. The van der Waals surface area contributed by atoms with Crippen LogP contribution in [0.15, 0.2) is 58.8 Å². The van der Waals surface area contributed by atoms with Gasteiger partial charge in [0.2, 0.25) is 10.0 Å². The molecule has 1 amide bonds. The van der Waals surface area contributed by atoms with E-state index in [0.29, 0.717) is 23.9 Å². The normalized spacial score (nSPS) is 15.4. The first-order valence-electron chi connectivity index (χ1n) is 10.1. The van der Waals surface area contributed by atoms with Crippen molar-refractivity contribution in [1.82, 2.24) is 9.29 Å². The summed E-state index contributed by atoms with van der Waals surface area (Å²) in [4.78, 5) is 17.0. The first-order valence-corrected chi connectivity index (χ1v) is 12.4. The van der Waals surface area contributed by atoms with Crippen LogP contribution in [0, 0.1) is 5.82 Å². The van der Waals surface area contributed by atoms with Gasteiger partial charge in [0.1, 0.15) is 0 Å². The SMILES string of the molecule is CC(Oc1ccccc1F)C(=O)Nc1nc(-c2ccc(S(=O)(=O)N3CCCC3)cc2)cs1. The highest BCUT2D eigenvalue weighted by Crippen LogP contribution is 2.28. The number of nitrogens with one attached hydrogen (secondary N) is 1. The number of hydrogen-bond acceptors (Lipinski definition) is 6. The maximum absolute atomic E-state index is 13.7. The van der Waals surface area contributed by atoms with Gasteiger partial charge in [0.15, 0.2) is 22.8 Å². The molecule has 32 heavy (non-hydrogen) atoms. The van der Waals surface area contributed by atoms with Crippen molar-refractivity contribution < 1.29 is 22.3 Å². The number of thiazole rings is 1. The van der Waals surface area contributed by atoms with E-state index >= 15 is 0 Å². The average molecular weight is 476 g/mol. The number of aromatic nitrogens is 1. The van der Waals surface area contributed by atoms with Crippen molar-refractivity contribution in [1.29, 1.82) is 0 Å². The minimum absolute atomic E-state index is 0.000972. The smallest absolute Gasteiger partial charge is 0.266 e. The second kappa shape index (κ2) is 9.35. The fourth-order valence-corrected chi connectivity index (χ4v) is 5.57. The number of anilines is 1. The third-order valence-corrected chi connectivity index (χ3v) is 7.77. The molecule has 2 aromatic carbocycles. The molecule has 4 rings (SSSR count). The summed E-state index contributed by atoms with van der Waals surface area (Å²) in [6.07, 6.45) is 0.845. The molecule has 0 saturated carbocycles. The number of sulfonamides is 1. The van der Waals surface area contributed by atoms with E-state index in [2.05, 4.69) is 10.3 Å². The molecule has 0 spiro atoms. The fourth-order valence-electron chi connectivity index (χ4n) is 3.33. The predicted molar refractivity (Wildman–Crippen MR) is 121 cm³/mol. The van der Waals surface area contributed by atoms with E-state index in [1.165, 1.54) is 34.7 Å². The van der Waals surface area contributed by atoms with Crippen molar-refractivity contribution in [2.24, 2.45) is 0 Å². The lowest BCUT2D eigenvalue weighted by atomic mass is 10.2. The van der Waals surface area contributed by atoms with Crippen LogP contribution in [0.5, 0.6) is 5.75 Å². The predicted octanol–water partition coefficient (Wildman–Crippen LogP) is 4.14. The van der Waals surface area contributed by atoms with E-state index in [1.54, 1.807) is 41.8 Å². The molecule has 2 heterocycles. The molecule has 1 aromatic heterocycles. The van der Waals surface area contributed by atoms with Crippen LogP contribution < -0.4 is 10.1 Å². The number of amides is 1. The molecule has 1 fully saturated rings. The highest BCUT2D eigenvalue weighted by atomic mass is 32.2. The summed E-state index contributed by atoms with van der Waals surface area (Å²) >= 11 is 1.23. The monoisotopic (exact) mass is 475 g/mol. The Morgan fingerprint density at radius 1 is 1.16 bits per heavy atom. The molecule has 0 bridgehead atoms. The lowest BCUT2D eigenvalue weighted by Gasteiger charge is -2.15. The van der Waals surface area contributed by atoms with Gasteiger partial charge >= 0.3 is 0 Å². The van der Waals surface area contributed by atoms with Gasteiger partial charge in [0, 0.05) is 24.0 Å². The summed E-state index contributed by atoms with van der Waals surface area (Å²) in [6.45, 7) is 2.63. The molecule has 1 N–H and O–H groups in total. The van der Waals surface area contributed by atoms with E-state index in [4.69, 9.17) is 4.74 Å². The molecule has 1 aliphatic rings. The molecule has 168 valence electrons. The number of rotatable bonds is 7. The first-order chi connectivity index (χ1) is 15.3. The Balaban J connectivity index is 1.41. The third kappa shape index (κ3) is 4.82. The molecule has 1 unspecified atom stereocenters. The van der Waals surface area contributed by atoms with Gasteiger partial charge in [-0.2, -0.15) is 4.31 Å². The maximum atomic E-state index is 13.7. The number of ether oxygens (including phenoxy) is 1. The topological polar surface area (TPSA) is 88.6 Å². The number of carbonyl (C=O) groups is 1. The average Bonchev–Trinajstić information content (AvgIpc) is 3.48. The third-order valence-electron chi connectivity index (χ3n) is 5.10. The van der Waals surface area contributed by atoms with Gasteiger partial charge in [-0.1, -0.05) is 24.3 Å². The van der Waals surface area contributed by atoms with Gasteiger partial charge < -0.3 is 4.74 Å². The van der Waals surface area contributed by atoms with E-state index in [9.17, 15) is 17.6 Å². The van der Waals surface area contributed by atoms with Crippen LogP contribution in [0.25, 0.3) is 11.3 Å². The standard InChI is InChI=1S/C22H22FN3O4S2/c1-15(30-20-7-3-2-6-18(20)23)21(27)25-22-24-19(14-31-22)16-8-10-17(11-9-16)32(28,29)26-12-4-5-13-26/h2-3,6-11,14-15H,4-5,12-13H2,1H3,(H,24,25,27). The van der Waals surface area contributed by atoms with E-state index in [0.717, 1.165) is 18.4 Å². The van der Waals surface area contributed by atoms with Crippen molar-refractivity contribution >= 4 is 32.4 Å². The quantitative estimate of drug-likeness (QED) is 0.555. The number of carbonyl (C=O) groups excluding carboxylic acids is 1.